The SMILES string of the molecule is C=C(CNCC1CCCCC1C)C(=O)OCC. The van der Waals surface area contributed by atoms with Gasteiger partial charge in [0.05, 0.1) is 6.61 Å². The number of nitrogens with one attached hydrogen (secondary N) is 1. The summed E-state index contributed by atoms with van der Waals surface area (Å²) < 4.78 is 4.89. The Kier molecular flexibility index (Phi) is 6.27. The van der Waals surface area contributed by atoms with Gasteiger partial charge in [-0.2, -0.15) is 0 Å². The number of carbonyl (C=O) groups is 1. The van der Waals surface area contributed by atoms with Gasteiger partial charge in [-0.25, -0.2) is 4.79 Å². The van der Waals surface area contributed by atoms with Gasteiger partial charge in [-0.05, 0) is 31.7 Å². The molecular formula is C14H25NO2. The average Bonchev–Trinajstić information content (AvgIpc) is 2.31. The van der Waals surface area contributed by atoms with E-state index in [1.807, 2.05) is 6.92 Å². The van der Waals surface area contributed by atoms with Gasteiger partial charge in [0.1, 0.15) is 0 Å². The van der Waals surface area contributed by atoms with Crippen LogP contribution in [0, 0.1) is 11.8 Å². The van der Waals surface area contributed by atoms with E-state index in [1.165, 1.54) is 25.7 Å². The fourth-order valence-electron chi connectivity index (χ4n) is 2.41. The van der Waals surface area contributed by atoms with Gasteiger partial charge >= 0.3 is 5.97 Å². The number of rotatable bonds is 6. The molecule has 1 aliphatic carbocycles. The number of ether oxygens (including phenoxy) is 1. The second-order valence-corrected chi connectivity index (χ2v) is 4.98. The van der Waals surface area contributed by atoms with Crippen molar-refractivity contribution in [2.24, 2.45) is 11.8 Å². The Morgan fingerprint density at radius 1 is 1.41 bits per heavy atom. The summed E-state index contributed by atoms with van der Waals surface area (Å²) in [6.07, 6.45) is 5.36. The molecule has 1 rings (SSSR count). The minimum absolute atomic E-state index is 0.281. The molecule has 2 unspecified atom stereocenters. The Balaban J connectivity index is 2.18. The van der Waals surface area contributed by atoms with Crippen molar-refractivity contribution >= 4 is 5.97 Å². The van der Waals surface area contributed by atoms with Crippen LogP contribution >= 0.6 is 0 Å². The molecule has 0 aliphatic heterocycles. The molecule has 0 aromatic heterocycles. The molecule has 3 heteroatoms. The normalized spacial score (nSPS) is 24.4. The fraction of sp³-hybridized carbons (Fsp3) is 0.786. The molecule has 1 fully saturated rings. The first-order valence-corrected chi connectivity index (χ1v) is 6.70. The van der Waals surface area contributed by atoms with E-state index in [4.69, 9.17) is 4.74 Å². The van der Waals surface area contributed by atoms with Crippen LogP contribution in [0.4, 0.5) is 0 Å². The molecule has 1 saturated carbocycles. The van der Waals surface area contributed by atoms with Gasteiger partial charge in [0, 0.05) is 12.1 Å². The average molecular weight is 239 g/mol. The molecule has 0 aromatic rings. The van der Waals surface area contributed by atoms with Crippen molar-refractivity contribution in [1.29, 1.82) is 0 Å². The highest BCUT2D eigenvalue weighted by molar-refractivity contribution is 5.88. The van der Waals surface area contributed by atoms with Crippen molar-refractivity contribution in [1.82, 2.24) is 5.32 Å². The maximum atomic E-state index is 11.3. The Labute approximate surface area is 105 Å². The maximum Gasteiger partial charge on any atom is 0.334 e. The summed E-state index contributed by atoms with van der Waals surface area (Å²) in [5.41, 5.74) is 0.523. The largest absolute Gasteiger partial charge is 0.463 e. The lowest BCUT2D eigenvalue weighted by Crippen LogP contribution is -2.31. The highest BCUT2D eigenvalue weighted by atomic mass is 16.5. The van der Waals surface area contributed by atoms with Gasteiger partial charge in [0.25, 0.3) is 0 Å². The molecular weight excluding hydrogens is 214 g/mol. The minimum Gasteiger partial charge on any atom is -0.463 e. The van der Waals surface area contributed by atoms with Gasteiger partial charge < -0.3 is 10.1 Å². The van der Waals surface area contributed by atoms with Crippen molar-refractivity contribution in [3.63, 3.8) is 0 Å². The summed E-state index contributed by atoms with van der Waals surface area (Å²) in [7, 11) is 0. The first-order valence-electron chi connectivity index (χ1n) is 6.70. The zero-order chi connectivity index (χ0) is 12.7. The lowest BCUT2D eigenvalue weighted by Gasteiger charge is -2.28. The van der Waals surface area contributed by atoms with Crippen LogP contribution in [-0.2, 0) is 9.53 Å². The van der Waals surface area contributed by atoms with Crippen molar-refractivity contribution in [3.05, 3.63) is 12.2 Å². The van der Waals surface area contributed by atoms with Gasteiger partial charge in [-0.15, -0.1) is 0 Å². The van der Waals surface area contributed by atoms with Crippen molar-refractivity contribution in [3.8, 4) is 0 Å². The predicted molar refractivity (Wildman–Crippen MR) is 69.8 cm³/mol. The molecule has 2 atom stereocenters. The summed E-state index contributed by atoms with van der Waals surface area (Å²) in [4.78, 5) is 11.3. The molecule has 98 valence electrons. The number of esters is 1. The number of carbonyl (C=O) groups excluding carboxylic acids is 1. The van der Waals surface area contributed by atoms with Crippen LogP contribution in [0.1, 0.15) is 39.5 Å². The Hall–Kier alpha value is -0.830. The highest BCUT2D eigenvalue weighted by Crippen LogP contribution is 2.28. The van der Waals surface area contributed by atoms with Crippen LogP contribution in [0.15, 0.2) is 12.2 Å². The molecule has 0 radical (unpaired) electrons. The van der Waals surface area contributed by atoms with Crippen LogP contribution in [0.25, 0.3) is 0 Å². The van der Waals surface area contributed by atoms with Crippen molar-refractivity contribution < 1.29 is 9.53 Å². The number of hydrogen-bond acceptors (Lipinski definition) is 3. The molecule has 0 bridgehead atoms. The Bertz CT molecular complexity index is 263. The fourth-order valence-corrected chi connectivity index (χ4v) is 2.41. The van der Waals surface area contributed by atoms with Gasteiger partial charge in [0.15, 0.2) is 0 Å². The summed E-state index contributed by atoms with van der Waals surface area (Å²) in [5.74, 6) is 1.27. The molecule has 1 aliphatic rings. The topological polar surface area (TPSA) is 38.3 Å². The lowest BCUT2D eigenvalue weighted by atomic mass is 9.80. The standard InChI is InChI=1S/C14H25NO2/c1-4-17-14(16)12(3)9-15-10-13-8-6-5-7-11(13)2/h11,13,15H,3-10H2,1-2H3. The summed E-state index contributed by atoms with van der Waals surface area (Å²) >= 11 is 0. The van der Waals surface area contributed by atoms with Gasteiger partial charge in [-0.3, -0.25) is 0 Å². The molecule has 17 heavy (non-hydrogen) atoms. The summed E-state index contributed by atoms with van der Waals surface area (Å²) in [6.45, 7) is 9.81. The van der Waals surface area contributed by atoms with E-state index < -0.39 is 0 Å². The first kappa shape index (κ1) is 14.2. The van der Waals surface area contributed by atoms with Crippen LogP contribution < -0.4 is 5.32 Å². The molecule has 0 saturated heterocycles. The predicted octanol–water partition coefficient (Wildman–Crippen LogP) is 2.52. The Morgan fingerprint density at radius 2 is 2.12 bits per heavy atom. The molecule has 0 spiro atoms. The smallest absolute Gasteiger partial charge is 0.334 e. The van der Waals surface area contributed by atoms with Crippen LogP contribution in [0.2, 0.25) is 0 Å². The highest BCUT2D eigenvalue weighted by Gasteiger charge is 2.20. The quantitative estimate of drug-likeness (QED) is 0.572. The third kappa shape index (κ3) is 4.90. The van der Waals surface area contributed by atoms with E-state index in [9.17, 15) is 4.79 Å². The van der Waals surface area contributed by atoms with Crippen molar-refractivity contribution in [2.45, 2.75) is 39.5 Å². The monoisotopic (exact) mass is 239 g/mol. The third-order valence-electron chi connectivity index (χ3n) is 3.60. The molecule has 1 N–H and O–H groups in total. The zero-order valence-corrected chi connectivity index (χ0v) is 11.1. The minimum atomic E-state index is -0.281. The van der Waals surface area contributed by atoms with Crippen molar-refractivity contribution in [2.75, 3.05) is 19.7 Å². The number of hydrogen-bond donors (Lipinski definition) is 1. The third-order valence-corrected chi connectivity index (χ3v) is 3.60. The molecule has 0 amide bonds. The maximum absolute atomic E-state index is 11.3. The second-order valence-electron chi connectivity index (χ2n) is 4.98. The summed E-state index contributed by atoms with van der Waals surface area (Å²) in [6, 6.07) is 0. The lowest BCUT2D eigenvalue weighted by molar-refractivity contribution is -0.138. The van der Waals surface area contributed by atoms with Crippen LogP contribution in [0.3, 0.4) is 0 Å². The zero-order valence-electron chi connectivity index (χ0n) is 11.1. The van der Waals surface area contributed by atoms with E-state index in [0.29, 0.717) is 18.7 Å². The first-order chi connectivity index (χ1) is 8.15. The molecule has 0 aromatic carbocycles. The van der Waals surface area contributed by atoms with E-state index >= 15 is 0 Å². The van der Waals surface area contributed by atoms with E-state index in [1.54, 1.807) is 0 Å². The van der Waals surface area contributed by atoms with Crippen LogP contribution in [-0.4, -0.2) is 25.7 Å². The van der Waals surface area contributed by atoms with E-state index in [0.717, 1.165) is 18.4 Å². The van der Waals surface area contributed by atoms with Crippen LogP contribution in [0.5, 0.6) is 0 Å². The van der Waals surface area contributed by atoms with E-state index in [-0.39, 0.29) is 5.97 Å². The van der Waals surface area contributed by atoms with E-state index in [2.05, 4.69) is 18.8 Å². The van der Waals surface area contributed by atoms with Gasteiger partial charge in [0.2, 0.25) is 0 Å². The summed E-state index contributed by atoms with van der Waals surface area (Å²) in [5, 5.41) is 3.32. The molecule has 3 nitrogen and oxygen atoms in total. The molecule has 0 heterocycles. The van der Waals surface area contributed by atoms with Gasteiger partial charge in [-0.1, -0.05) is 32.8 Å². The Morgan fingerprint density at radius 3 is 2.76 bits per heavy atom. The second kappa shape index (κ2) is 7.49.